The summed E-state index contributed by atoms with van der Waals surface area (Å²) in [4.78, 5) is 36.8. The molecule has 0 bridgehead atoms. The first-order chi connectivity index (χ1) is 12.2. The van der Waals surface area contributed by atoms with Crippen molar-refractivity contribution in [2.24, 2.45) is 0 Å². The van der Waals surface area contributed by atoms with Gasteiger partial charge in [-0.2, -0.15) is 13.2 Å². The van der Waals surface area contributed by atoms with Gasteiger partial charge >= 0.3 is 6.18 Å². The lowest BCUT2D eigenvalue weighted by molar-refractivity contribution is -0.137. The maximum atomic E-state index is 12.7. The molecule has 3 rings (SSSR count). The number of anilines is 1. The maximum Gasteiger partial charge on any atom is 0.416 e. The minimum atomic E-state index is -4.48. The van der Waals surface area contributed by atoms with Gasteiger partial charge in [-0.05, 0) is 29.8 Å². The van der Waals surface area contributed by atoms with Crippen molar-refractivity contribution in [2.45, 2.75) is 12.6 Å². The summed E-state index contributed by atoms with van der Waals surface area (Å²) in [6.45, 7) is 0. The summed E-state index contributed by atoms with van der Waals surface area (Å²) in [7, 11) is 1.36. The predicted molar refractivity (Wildman–Crippen MR) is 86.6 cm³/mol. The van der Waals surface area contributed by atoms with Crippen molar-refractivity contribution in [1.29, 1.82) is 0 Å². The Morgan fingerprint density at radius 3 is 2.42 bits per heavy atom. The van der Waals surface area contributed by atoms with Crippen molar-refractivity contribution in [3.05, 3.63) is 64.7 Å². The Balaban J connectivity index is 1.74. The van der Waals surface area contributed by atoms with E-state index in [0.717, 1.165) is 17.0 Å². The molecule has 1 aliphatic heterocycles. The quantitative estimate of drug-likeness (QED) is 0.854. The van der Waals surface area contributed by atoms with Gasteiger partial charge in [0.05, 0.1) is 23.1 Å². The molecule has 0 spiro atoms. The highest BCUT2D eigenvalue weighted by molar-refractivity contribution is 6.21. The lowest BCUT2D eigenvalue weighted by Crippen LogP contribution is -2.24. The van der Waals surface area contributed by atoms with E-state index in [4.69, 9.17) is 0 Å². The van der Waals surface area contributed by atoms with Crippen molar-refractivity contribution in [2.75, 3.05) is 12.4 Å². The number of hydrogen-bond donors (Lipinski definition) is 1. The van der Waals surface area contributed by atoms with Crippen LogP contribution in [0.5, 0.6) is 0 Å². The van der Waals surface area contributed by atoms with Gasteiger partial charge in [-0.15, -0.1) is 0 Å². The van der Waals surface area contributed by atoms with Gasteiger partial charge in [-0.25, -0.2) is 0 Å². The summed E-state index contributed by atoms with van der Waals surface area (Å²) < 4.78 is 38.1. The number of carbonyl (C=O) groups is 3. The number of halogens is 3. The molecule has 0 radical (unpaired) electrons. The number of carbonyl (C=O) groups excluding carboxylic acids is 3. The van der Waals surface area contributed by atoms with Gasteiger partial charge in [-0.1, -0.05) is 18.2 Å². The highest BCUT2D eigenvalue weighted by Gasteiger charge is 2.33. The molecule has 0 aromatic heterocycles. The van der Waals surface area contributed by atoms with Crippen molar-refractivity contribution in [3.63, 3.8) is 0 Å². The molecular formula is C18H13F3N2O3. The Hall–Kier alpha value is -3.16. The molecule has 0 unspecified atom stereocenters. The van der Waals surface area contributed by atoms with E-state index in [1.54, 1.807) is 0 Å². The fraction of sp³-hybridized carbons (Fsp3) is 0.167. The zero-order chi connectivity index (χ0) is 19.1. The molecule has 8 heteroatoms. The van der Waals surface area contributed by atoms with Crippen LogP contribution in [-0.4, -0.2) is 29.7 Å². The molecule has 134 valence electrons. The maximum absolute atomic E-state index is 12.7. The van der Waals surface area contributed by atoms with E-state index in [0.29, 0.717) is 0 Å². The van der Waals surface area contributed by atoms with E-state index in [1.807, 2.05) is 0 Å². The summed E-state index contributed by atoms with van der Waals surface area (Å²) in [5, 5.41) is 2.53. The second kappa shape index (κ2) is 6.29. The van der Waals surface area contributed by atoms with Crippen LogP contribution in [0.3, 0.4) is 0 Å². The summed E-state index contributed by atoms with van der Waals surface area (Å²) in [6.07, 6.45) is -4.74. The fourth-order valence-electron chi connectivity index (χ4n) is 2.69. The number of benzene rings is 2. The Bertz CT molecular complexity index is 922. The second-order valence-electron chi connectivity index (χ2n) is 5.85. The molecule has 2 aromatic carbocycles. The highest BCUT2D eigenvalue weighted by Crippen LogP contribution is 2.30. The van der Waals surface area contributed by atoms with E-state index in [-0.39, 0.29) is 28.8 Å². The molecule has 0 saturated heterocycles. The molecule has 1 N–H and O–H groups in total. The standard InChI is InChI=1S/C18H13F3N2O3/c1-23-16(25)13-6-5-12(9-14(13)17(23)26)22-15(24)8-10-3-2-4-11(7-10)18(19,20)21/h2-7,9H,8H2,1H3,(H,22,24). The van der Waals surface area contributed by atoms with Gasteiger partial charge in [0.2, 0.25) is 5.91 Å². The summed E-state index contributed by atoms with van der Waals surface area (Å²) >= 11 is 0. The fourth-order valence-corrected chi connectivity index (χ4v) is 2.69. The number of imide groups is 1. The lowest BCUT2D eigenvalue weighted by Gasteiger charge is -2.09. The average molecular weight is 362 g/mol. The largest absolute Gasteiger partial charge is 0.416 e. The lowest BCUT2D eigenvalue weighted by atomic mass is 10.1. The van der Waals surface area contributed by atoms with Gasteiger partial charge in [0.15, 0.2) is 0 Å². The Morgan fingerprint density at radius 2 is 1.73 bits per heavy atom. The number of amides is 3. The van der Waals surface area contributed by atoms with Crippen molar-refractivity contribution < 1.29 is 27.6 Å². The topological polar surface area (TPSA) is 66.5 Å². The summed E-state index contributed by atoms with van der Waals surface area (Å²) in [5.41, 5.74) is 0.0943. The minimum absolute atomic E-state index is 0.175. The summed E-state index contributed by atoms with van der Waals surface area (Å²) in [5.74, 6) is -1.43. The van der Waals surface area contributed by atoms with Crippen molar-refractivity contribution >= 4 is 23.4 Å². The van der Waals surface area contributed by atoms with Crippen LogP contribution in [0.4, 0.5) is 18.9 Å². The zero-order valence-corrected chi connectivity index (χ0v) is 13.6. The van der Waals surface area contributed by atoms with E-state index >= 15 is 0 Å². The molecular weight excluding hydrogens is 349 g/mol. The van der Waals surface area contributed by atoms with Crippen LogP contribution in [0, 0.1) is 0 Å². The van der Waals surface area contributed by atoms with E-state index in [2.05, 4.69) is 5.32 Å². The third-order valence-electron chi connectivity index (χ3n) is 3.99. The first-order valence-electron chi connectivity index (χ1n) is 7.59. The molecule has 1 heterocycles. The van der Waals surface area contributed by atoms with Crippen LogP contribution in [0.25, 0.3) is 0 Å². The average Bonchev–Trinajstić information content (AvgIpc) is 2.78. The van der Waals surface area contributed by atoms with Gasteiger partial charge in [-0.3, -0.25) is 19.3 Å². The van der Waals surface area contributed by atoms with Crippen molar-refractivity contribution in [1.82, 2.24) is 4.90 Å². The highest BCUT2D eigenvalue weighted by atomic mass is 19.4. The Kier molecular flexibility index (Phi) is 4.27. The van der Waals surface area contributed by atoms with Crippen LogP contribution in [0.1, 0.15) is 31.8 Å². The predicted octanol–water partition coefficient (Wildman–Crippen LogP) is 3.11. The smallest absolute Gasteiger partial charge is 0.326 e. The Labute approximate surface area is 146 Å². The van der Waals surface area contributed by atoms with E-state index in [1.165, 1.54) is 37.4 Å². The normalized spacial score (nSPS) is 13.8. The number of hydrogen-bond acceptors (Lipinski definition) is 3. The van der Waals surface area contributed by atoms with E-state index in [9.17, 15) is 27.6 Å². The first-order valence-corrected chi connectivity index (χ1v) is 7.59. The van der Waals surface area contributed by atoms with E-state index < -0.39 is 29.5 Å². The molecule has 3 amide bonds. The molecule has 0 saturated carbocycles. The molecule has 2 aromatic rings. The number of nitrogens with zero attached hydrogens (tertiary/aromatic N) is 1. The third kappa shape index (κ3) is 3.30. The van der Waals surface area contributed by atoms with Crippen LogP contribution in [0.15, 0.2) is 42.5 Å². The molecule has 5 nitrogen and oxygen atoms in total. The van der Waals surface area contributed by atoms with Gasteiger partial charge in [0.25, 0.3) is 11.8 Å². The second-order valence-corrected chi connectivity index (χ2v) is 5.85. The van der Waals surface area contributed by atoms with Gasteiger partial charge in [0.1, 0.15) is 0 Å². The molecule has 0 atom stereocenters. The van der Waals surface area contributed by atoms with Crippen LogP contribution in [0.2, 0.25) is 0 Å². The third-order valence-corrected chi connectivity index (χ3v) is 3.99. The number of fused-ring (bicyclic) bond motifs is 1. The molecule has 0 fully saturated rings. The molecule has 26 heavy (non-hydrogen) atoms. The van der Waals surface area contributed by atoms with Crippen LogP contribution in [-0.2, 0) is 17.4 Å². The van der Waals surface area contributed by atoms with Gasteiger partial charge in [0, 0.05) is 12.7 Å². The van der Waals surface area contributed by atoms with Crippen LogP contribution < -0.4 is 5.32 Å². The monoisotopic (exact) mass is 362 g/mol. The minimum Gasteiger partial charge on any atom is -0.326 e. The SMILES string of the molecule is CN1C(=O)c2ccc(NC(=O)Cc3cccc(C(F)(F)F)c3)cc2C1=O. The van der Waals surface area contributed by atoms with Gasteiger partial charge < -0.3 is 5.32 Å². The number of rotatable bonds is 3. The summed E-state index contributed by atoms with van der Waals surface area (Å²) in [6, 6.07) is 8.78. The van der Waals surface area contributed by atoms with Crippen LogP contribution >= 0.6 is 0 Å². The molecule has 0 aliphatic carbocycles. The van der Waals surface area contributed by atoms with Crippen molar-refractivity contribution in [3.8, 4) is 0 Å². The number of nitrogens with one attached hydrogen (secondary N) is 1. The zero-order valence-electron chi connectivity index (χ0n) is 13.6. The first kappa shape index (κ1) is 17.7. The molecule has 1 aliphatic rings. The Morgan fingerprint density at radius 1 is 1.04 bits per heavy atom. The number of alkyl halides is 3.